The lowest BCUT2D eigenvalue weighted by Crippen LogP contribution is -2.39. The van der Waals surface area contributed by atoms with Crippen LogP contribution in [-0.4, -0.2) is 51.9 Å². The van der Waals surface area contributed by atoms with E-state index < -0.39 is 0 Å². The molecule has 2 aliphatic rings. The maximum absolute atomic E-state index is 6.03. The van der Waals surface area contributed by atoms with Crippen LogP contribution >= 0.6 is 0 Å². The molecule has 1 saturated carbocycles. The lowest BCUT2D eigenvalue weighted by Gasteiger charge is -2.22. The number of rotatable bonds is 5. The van der Waals surface area contributed by atoms with Gasteiger partial charge < -0.3 is 15.0 Å². The highest BCUT2D eigenvalue weighted by atomic mass is 16.5. The van der Waals surface area contributed by atoms with Gasteiger partial charge in [-0.15, -0.1) is 0 Å². The molecule has 3 heterocycles. The van der Waals surface area contributed by atoms with Crippen molar-refractivity contribution in [3.05, 3.63) is 41.9 Å². The van der Waals surface area contributed by atoms with Gasteiger partial charge in [-0.1, -0.05) is 0 Å². The van der Waals surface area contributed by atoms with Gasteiger partial charge in [0.05, 0.1) is 6.20 Å². The van der Waals surface area contributed by atoms with Gasteiger partial charge in [0.25, 0.3) is 0 Å². The molecule has 1 aliphatic heterocycles. The quantitative estimate of drug-likeness (QED) is 0.636. The van der Waals surface area contributed by atoms with E-state index in [1.165, 1.54) is 18.4 Å². The molecule has 0 amide bonds. The van der Waals surface area contributed by atoms with E-state index in [0.717, 1.165) is 49.8 Å². The number of likely N-dealkylation sites (tertiary alicyclic amines) is 1. The molecule has 2 aromatic rings. The maximum Gasteiger partial charge on any atom is 0.213 e. The first-order chi connectivity index (χ1) is 13.7. The fraction of sp³-hybridized carbons (Fsp3) is 0.571. The first-order valence-electron chi connectivity index (χ1n) is 10.3. The molecule has 7 heteroatoms. The van der Waals surface area contributed by atoms with Crippen LogP contribution in [-0.2, 0) is 13.6 Å². The van der Waals surface area contributed by atoms with Crippen LogP contribution in [0, 0.1) is 0 Å². The van der Waals surface area contributed by atoms with Gasteiger partial charge in [-0.05, 0) is 49.3 Å². The Hall–Kier alpha value is -2.57. The summed E-state index contributed by atoms with van der Waals surface area (Å²) < 4.78 is 7.90. The van der Waals surface area contributed by atoms with Gasteiger partial charge in [-0.3, -0.25) is 9.67 Å². The number of nitrogens with one attached hydrogen (secondary N) is 1. The van der Waals surface area contributed by atoms with E-state index in [0.29, 0.717) is 18.6 Å². The third-order valence-corrected chi connectivity index (χ3v) is 5.74. The molecule has 4 rings (SSSR count). The summed E-state index contributed by atoms with van der Waals surface area (Å²) in [5.74, 6) is 2.19. The Kier molecular flexibility index (Phi) is 5.78. The molecule has 0 bridgehead atoms. The molecule has 0 aromatic carbocycles. The molecule has 0 radical (unpaired) electrons. The Bertz CT molecular complexity index is 811. The highest BCUT2D eigenvalue weighted by Crippen LogP contribution is 2.27. The van der Waals surface area contributed by atoms with Gasteiger partial charge >= 0.3 is 0 Å². The Balaban J connectivity index is 1.32. The molecule has 2 fully saturated rings. The van der Waals surface area contributed by atoms with Gasteiger partial charge in [0.1, 0.15) is 6.10 Å². The van der Waals surface area contributed by atoms with Crippen LogP contribution in [0.3, 0.4) is 0 Å². The molecule has 1 unspecified atom stereocenters. The molecule has 7 nitrogen and oxygen atoms in total. The number of aromatic nitrogens is 3. The number of hydrogen-bond donors (Lipinski definition) is 1. The number of pyridine rings is 1. The summed E-state index contributed by atoms with van der Waals surface area (Å²) in [6, 6.07) is 4.07. The van der Waals surface area contributed by atoms with E-state index in [-0.39, 0.29) is 0 Å². The Morgan fingerprint density at radius 3 is 2.93 bits per heavy atom. The van der Waals surface area contributed by atoms with Crippen molar-refractivity contribution in [1.82, 2.24) is 25.0 Å². The molecule has 28 heavy (non-hydrogen) atoms. The average molecular weight is 383 g/mol. The monoisotopic (exact) mass is 382 g/mol. The van der Waals surface area contributed by atoms with Crippen LogP contribution in [0.2, 0.25) is 0 Å². The van der Waals surface area contributed by atoms with Crippen molar-refractivity contribution in [2.75, 3.05) is 20.1 Å². The van der Waals surface area contributed by atoms with Crippen LogP contribution < -0.4 is 10.1 Å². The van der Waals surface area contributed by atoms with Crippen molar-refractivity contribution >= 4 is 5.96 Å². The standard InChI is InChI=1S/C21H30N6O/c1-22-21(27-10-8-17(15-27)18-13-25-26(2)14-18)24-12-16-7-9-23-20(11-16)28-19-5-3-4-6-19/h7,9,11,13-14,17,19H,3-6,8,10,12,15H2,1-2H3,(H,22,24). The minimum Gasteiger partial charge on any atom is -0.474 e. The predicted molar refractivity (Wildman–Crippen MR) is 109 cm³/mol. The van der Waals surface area contributed by atoms with E-state index in [9.17, 15) is 0 Å². The van der Waals surface area contributed by atoms with E-state index in [4.69, 9.17) is 4.74 Å². The Morgan fingerprint density at radius 2 is 2.18 bits per heavy atom. The van der Waals surface area contributed by atoms with Gasteiger partial charge in [-0.25, -0.2) is 4.98 Å². The van der Waals surface area contributed by atoms with E-state index in [2.05, 4.69) is 31.5 Å². The van der Waals surface area contributed by atoms with Crippen molar-refractivity contribution < 1.29 is 4.74 Å². The summed E-state index contributed by atoms with van der Waals surface area (Å²) in [5, 5.41) is 7.80. The molecule has 150 valence electrons. The number of ether oxygens (including phenoxy) is 1. The van der Waals surface area contributed by atoms with Crippen molar-refractivity contribution in [1.29, 1.82) is 0 Å². The zero-order valence-electron chi connectivity index (χ0n) is 16.8. The van der Waals surface area contributed by atoms with Crippen molar-refractivity contribution in [2.45, 2.75) is 50.7 Å². The van der Waals surface area contributed by atoms with Crippen LogP contribution in [0.1, 0.15) is 49.1 Å². The van der Waals surface area contributed by atoms with Gasteiger partial charge in [0.15, 0.2) is 5.96 Å². The highest BCUT2D eigenvalue weighted by Gasteiger charge is 2.26. The minimum atomic E-state index is 0.331. The largest absolute Gasteiger partial charge is 0.474 e. The minimum absolute atomic E-state index is 0.331. The first kappa shape index (κ1) is 18.8. The zero-order valence-corrected chi connectivity index (χ0v) is 16.8. The van der Waals surface area contributed by atoms with Crippen molar-refractivity contribution in [3.63, 3.8) is 0 Å². The lowest BCUT2D eigenvalue weighted by molar-refractivity contribution is 0.201. The average Bonchev–Trinajstić information content (AvgIpc) is 3.45. The number of aryl methyl sites for hydroxylation is 1. The summed E-state index contributed by atoms with van der Waals surface area (Å²) in [4.78, 5) is 11.2. The summed E-state index contributed by atoms with van der Waals surface area (Å²) in [6.07, 6.45) is 12.2. The first-order valence-corrected chi connectivity index (χ1v) is 10.3. The van der Waals surface area contributed by atoms with Crippen LogP contribution in [0.15, 0.2) is 35.7 Å². The van der Waals surface area contributed by atoms with Gasteiger partial charge in [0.2, 0.25) is 5.88 Å². The second kappa shape index (κ2) is 8.63. The maximum atomic E-state index is 6.03. The van der Waals surface area contributed by atoms with Gasteiger partial charge in [-0.2, -0.15) is 5.10 Å². The number of guanidine groups is 1. The molecule has 1 atom stereocenters. The van der Waals surface area contributed by atoms with E-state index in [1.54, 1.807) is 0 Å². The second-order valence-corrected chi connectivity index (χ2v) is 7.81. The summed E-state index contributed by atoms with van der Waals surface area (Å²) in [5.41, 5.74) is 2.47. The topological polar surface area (TPSA) is 67.6 Å². The summed E-state index contributed by atoms with van der Waals surface area (Å²) >= 11 is 0. The predicted octanol–water partition coefficient (Wildman–Crippen LogP) is 2.70. The van der Waals surface area contributed by atoms with E-state index in [1.807, 2.05) is 43.3 Å². The number of aliphatic imine (C=N–C) groups is 1. The van der Waals surface area contributed by atoms with Crippen LogP contribution in [0.4, 0.5) is 0 Å². The fourth-order valence-electron chi connectivity index (χ4n) is 4.19. The van der Waals surface area contributed by atoms with E-state index >= 15 is 0 Å². The van der Waals surface area contributed by atoms with Gasteiger partial charge in [0, 0.05) is 58.1 Å². The Morgan fingerprint density at radius 1 is 1.32 bits per heavy atom. The smallest absolute Gasteiger partial charge is 0.213 e. The molecule has 1 N–H and O–H groups in total. The van der Waals surface area contributed by atoms with Crippen LogP contribution in [0.25, 0.3) is 0 Å². The third kappa shape index (κ3) is 4.46. The fourth-order valence-corrected chi connectivity index (χ4v) is 4.19. The molecule has 1 saturated heterocycles. The molecule has 1 aliphatic carbocycles. The molecular weight excluding hydrogens is 352 g/mol. The normalized spacial score (nSPS) is 20.7. The van der Waals surface area contributed by atoms with Crippen LogP contribution in [0.5, 0.6) is 5.88 Å². The summed E-state index contributed by atoms with van der Waals surface area (Å²) in [6.45, 7) is 2.69. The highest BCUT2D eigenvalue weighted by molar-refractivity contribution is 5.80. The molecule has 0 spiro atoms. The molecule has 2 aromatic heterocycles. The number of hydrogen-bond acceptors (Lipinski definition) is 4. The Labute approximate surface area is 166 Å². The molecular formula is C21H30N6O. The SMILES string of the molecule is CN=C(NCc1ccnc(OC2CCCC2)c1)N1CCC(c2cnn(C)c2)C1. The second-order valence-electron chi connectivity index (χ2n) is 7.81. The zero-order chi connectivity index (χ0) is 19.3. The van der Waals surface area contributed by atoms with Crippen molar-refractivity contribution in [2.24, 2.45) is 12.0 Å². The third-order valence-electron chi connectivity index (χ3n) is 5.74. The summed E-state index contributed by atoms with van der Waals surface area (Å²) in [7, 11) is 3.82. The lowest BCUT2D eigenvalue weighted by atomic mass is 10.0. The van der Waals surface area contributed by atoms with Crippen molar-refractivity contribution in [3.8, 4) is 5.88 Å². The number of nitrogens with zero attached hydrogens (tertiary/aromatic N) is 5.